The van der Waals surface area contributed by atoms with Gasteiger partial charge in [-0.1, -0.05) is 12.1 Å². The number of benzene rings is 2. The number of aromatic amines is 1. The maximum atomic E-state index is 13.1. The van der Waals surface area contributed by atoms with Gasteiger partial charge in [-0.25, -0.2) is 14.6 Å². The molecule has 5 aromatic rings. The molecule has 1 saturated heterocycles. The van der Waals surface area contributed by atoms with Gasteiger partial charge in [-0.2, -0.15) is 5.10 Å². The fraction of sp³-hybridized carbons (Fsp3) is 0.231. The van der Waals surface area contributed by atoms with Gasteiger partial charge in [-0.3, -0.25) is 4.79 Å². The first-order chi connectivity index (χ1) is 17.6. The molecule has 4 heterocycles. The third-order valence-corrected chi connectivity index (χ3v) is 6.83. The summed E-state index contributed by atoms with van der Waals surface area (Å²) in [5, 5.41) is 11.9. The normalized spacial score (nSPS) is 14.4. The number of rotatable bonds is 5. The van der Waals surface area contributed by atoms with Crippen molar-refractivity contribution in [2.45, 2.75) is 18.9 Å². The number of anilines is 2. The molecular weight excluding hydrogens is 456 g/mol. The van der Waals surface area contributed by atoms with Crippen LogP contribution in [0.25, 0.3) is 33.2 Å². The van der Waals surface area contributed by atoms with Crippen LogP contribution < -0.4 is 21.1 Å². The average Bonchev–Trinajstić information content (AvgIpc) is 3.55. The Morgan fingerprint density at radius 2 is 2.06 bits per heavy atom. The minimum absolute atomic E-state index is 0.215. The van der Waals surface area contributed by atoms with Gasteiger partial charge in [-0.15, -0.1) is 0 Å². The number of methoxy groups -OCH3 is 1. The number of quaternary nitrogens is 1. The SMILES string of the molecule is COc1cc(-c2nn(C3CC[NH2+]CC3)c3ncnc(N)c23)ccc1NC(=O)c1cccc2[nH]ccc12. The van der Waals surface area contributed by atoms with Crippen LogP contribution in [0.1, 0.15) is 29.2 Å². The first kappa shape index (κ1) is 22.1. The van der Waals surface area contributed by atoms with Crippen molar-refractivity contribution in [3.8, 4) is 17.0 Å². The lowest BCUT2D eigenvalue weighted by Crippen LogP contribution is -2.86. The van der Waals surface area contributed by atoms with Gasteiger partial charge in [0.15, 0.2) is 5.65 Å². The maximum absolute atomic E-state index is 13.1. The number of hydrogen-bond donors (Lipinski definition) is 4. The van der Waals surface area contributed by atoms with Gasteiger partial charge < -0.3 is 26.1 Å². The third kappa shape index (κ3) is 3.72. The fourth-order valence-corrected chi connectivity index (χ4v) is 5.02. The van der Waals surface area contributed by atoms with Crippen molar-refractivity contribution >= 4 is 39.3 Å². The largest absolute Gasteiger partial charge is 0.495 e. The molecule has 6 N–H and O–H groups in total. The van der Waals surface area contributed by atoms with E-state index >= 15 is 0 Å². The van der Waals surface area contributed by atoms with E-state index in [2.05, 4.69) is 25.6 Å². The van der Waals surface area contributed by atoms with Crippen LogP contribution in [0, 0.1) is 0 Å². The zero-order valence-electron chi connectivity index (χ0n) is 19.9. The smallest absolute Gasteiger partial charge is 0.256 e. The molecule has 3 aromatic heterocycles. The Hall–Kier alpha value is -4.44. The number of piperidine rings is 1. The number of carbonyl (C=O) groups excluding carboxylic acids is 1. The average molecular weight is 484 g/mol. The van der Waals surface area contributed by atoms with Gasteiger partial charge >= 0.3 is 0 Å². The maximum Gasteiger partial charge on any atom is 0.256 e. The van der Waals surface area contributed by atoms with E-state index in [0.29, 0.717) is 28.5 Å². The summed E-state index contributed by atoms with van der Waals surface area (Å²) in [5.41, 5.74) is 10.6. The van der Waals surface area contributed by atoms with Gasteiger partial charge in [0.2, 0.25) is 0 Å². The first-order valence-electron chi connectivity index (χ1n) is 12.0. The standard InChI is InChI=1S/C26H26N8O2/c1-36-21-13-15(5-6-20(21)32-26(35)18-3-2-4-19-17(18)9-12-29-19)23-22-24(27)30-14-31-25(22)34(33-23)16-7-10-28-11-8-16/h2-6,9,12-14,16,28-29H,7-8,10-11H2,1H3,(H,32,35)(H2,27,30,31)/p+1. The van der Waals surface area contributed by atoms with Crippen LogP contribution in [-0.2, 0) is 0 Å². The number of nitrogens with zero attached hydrogens (tertiary/aromatic N) is 4. The monoisotopic (exact) mass is 483 g/mol. The molecule has 36 heavy (non-hydrogen) atoms. The molecule has 2 aromatic carbocycles. The first-order valence-corrected chi connectivity index (χ1v) is 12.0. The molecular formula is C26H27N8O2+. The molecule has 10 nitrogen and oxygen atoms in total. The van der Waals surface area contributed by atoms with E-state index in [-0.39, 0.29) is 11.9 Å². The number of hydrogen-bond acceptors (Lipinski definition) is 6. The molecule has 10 heteroatoms. The molecule has 1 amide bonds. The lowest BCUT2D eigenvalue weighted by atomic mass is 10.1. The van der Waals surface area contributed by atoms with Gasteiger partial charge in [-0.05, 0) is 30.3 Å². The highest BCUT2D eigenvalue weighted by Gasteiger charge is 2.25. The van der Waals surface area contributed by atoms with Crippen molar-refractivity contribution in [1.82, 2.24) is 24.7 Å². The van der Waals surface area contributed by atoms with Crippen LogP contribution in [0.3, 0.4) is 0 Å². The molecule has 1 aliphatic heterocycles. The third-order valence-electron chi connectivity index (χ3n) is 6.83. The van der Waals surface area contributed by atoms with Gasteiger partial charge in [0.1, 0.15) is 23.6 Å². The molecule has 0 aliphatic carbocycles. The van der Waals surface area contributed by atoms with E-state index in [1.54, 1.807) is 13.2 Å². The number of nitrogen functional groups attached to an aromatic ring is 1. The van der Waals surface area contributed by atoms with E-state index in [1.807, 2.05) is 47.3 Å². The van der Waals surface area contributed by atoms with Crippen molar-refractivity contribution in [3.05, 3.63) is 60.6 Å². The number of aromatic nitrogens is 5. The highest BCUT2D eigenvalue weighted by atomic mass is 16.5. The van der Waals surface area contributed by atoms with E-state index in [0.717, 1.165) is 53.4 Å². The van der Waals surface area contributed by atoms with E-state index in [1.165, 1.54) is 6.33 Å². The second-order valence-electron chi connectivity index (χ2n) is 8.96. The quantitative estimate of drug-likeness (QED) is 0.303. The minimum atomic E-state index is -0.215. The van der Waals surface area contributed by atoms with E-state index < -0.39 is 0 Å². The molecule has 0 radical (unpaired) electrons. The van der Waals surface area contributed by atoms with Crippen LogP contribution in [0.2, 0.25) is 0 Å². The lowest BCUT2D eigenvalue weighted by molar-refractivity contribution is -0.664. The summed E-state index contributed by atoms with van der Waals surface area (Å²) >= 11 is 0. The second-order valence-corrected chi connectivity index (χ2v) is 8.96. The number of nitrogens with one attached hydrogen (secondary N) is 2. The Morgan fingerprint density at radius 1 is 1.19 bits per heavy atom. The highest BCUT2D eigenvalue weighted by Crippen LogP contribution is 2.37. The van der Waals surface area contributed by atoms with E-state index in [4.69, 9.17) is 15.6 Å². The molecule has 6 rings (SSSR count). The van der Waals surface area contributed by atoms with Crippen LogP contribution in [0.15, 0.2) is 55.0 Å². The van der Waals surface area contributed by atoms with Crippen molar-refractivity contribution in [2.75, 3.05) is 31.2 Å². The number of H-pyrrole nitrogens is 1. The minimum Gasteiger partial charge on any atom is -0.495 e. The Balaban J connectivity index is 1.38. The lowest BCUT2D eigenvalue weighted by Gasteiger charge is -2.21. The molecule has 0 bridgehead atoms. The van der Waals surface area contributed by atoms with Gasteiger partial charge in [0.05, 0.1) is 37.3 Å². The number of amides is 1. The Morgan fingerprint density at radius 3 is 2.89 bits per heavy atom. The second kappa shape index (κ2) is 8.97. The molecule has 0 spiro atoms. The molecule has 0 atom stereocenters. The van der Waals surface area contributed by atoms with Crippen LogP contribution in [0.5, 0.6) is 5.75 Å². The summed E-state index contributed by atoms with van der Waals surface area (Å²) in [6, 6.07) is 13.3. The predicted molar refractivity (Wildman–Crippen MR) is 138 cm³/mol. The summed E-state index contributed by atoms with van der Waals surface area (Å²) in [7, 11) is 1.58. The Bertz CT molecular complexity index is 1580. The van der Waals surface area contributed by atoms with Crippen LogP contribution in [0.4, 0.5) is 11.5 Å². The van der Waals surface area contributed by atoms with Crippen molar-refractivity contribution in [2.24, 2.45) is 0 Å². The molecule has 0 unspecified atom stereocenters. The number of ether oxygens (including phenoxy) is 1. The van der Waals surface area contributed by atoms with Gasteiger partial charge in [0, 0.05) is 41.1 Å². The zero-order chi connectivity index (χ0) is 24.6. The van der Waals surface area contributed by atoms with Crippen LogP contribution in [-0.4, -0.2) is 50.8 Å². The predicted octanol–water partition coefficient (Wildman–Crippen LogP) is 2.72. The topological polar surface area (TPSA) is 140 Å². The number of nitrogens with two attached hydrogens (primary N) is 2. The van der Waals surface area contributed by atoms with Crippen molar-refractivity contribution in [3.63, 3.8) is 0 Å². The van der Waals surface area contributed by atoms with Gasteiger partial charge in [0.25, 0.3) is 5.91 Å². The van der Waals surface area contributed by atoms with Crippen LogP contribution >= 0.6 is 0 Å². The number of carbonyl (C=O) groups is 1. The molecule has 182 valence electrons. The summed E-state index contributed by atoms with van der Waals surface area (Å²) < 4.78 is 7.66. The number of fused-ring (bicyclic) bond motifs is 2. The molecule has 0 saturated carbocycles. The highest BCUT2D eigenvalue weighted by molar-refractivity contribution is 6.13. The summed E-state index contributed by atoms with van der Waals surface area (Å²) in [6.07, 6.45) is 5.34. The fourth-order valence-electron chi connectivity index (χ4n) is 5.02. The van der Waals surface area contributed by atoms with Crippen molar-refractivity contribution in [1.29, 1.82) is 0 Å². The molecule has 1 fully saturated rings. The Kier molecular flexibility index (Phi) is 5.49. The summed E-state index contributed by atoms with van der Waals surface area (Å²) in [6.45, 7) is 2.11. The summed E-state index contributed by atoms with van der Waals surface area (Å²) in [4.78, 5) is 25.0. The van der Waals surface area contributed by atoms with E-state index in [9.17, 15) is 4.79 Å². The molecule has 1 aliphatic rings. The zero-order valence-corrected chi connectivity index (χ0v) is 19.9. The Labute approximate surface area is 206 Å². The van der Waals surface area contributed by atoms with Crippen molar-refractivity contribution < 1.29 is 14.8 Å². The summed E-state index contributed by atoms with van der Waals surface area (Å²) in [5.74, 6) is 0.694.